The van der Waals surface area contributed by atoms with Crippen LogP contribution in [0.15, 0.2) is 12.3 Å². The van der Waals surface area contributed by atoms with Crippen molar-refractivity contribution in [2.45, 2.75) is 47.1 Å². The van der Waals surface area contributed by atoms with Gasteiger partial charge in [-0.3, -0.25) is 4.79 Å². The summed E-state index contributed by atoms with van der Waals surface area (Å²) in [5, 5.41) is 0. The molecule has 0 aliphatic carbocycles. The lowest BCUT2D eigenvalue weighted by Gasteiger charge is -2.25. The molecule has 0 aromatic heterocycles. The predicted molar refractivity (Wildman–Crippen MR) is 54.4 cm³/mol. The Kier molecular flexibility index (Phi) is 4.18. The standard InChI is InChI=1S/C11H20O2/c1-7-11(5,6)10(12)9(4)13-8(2)3/h9H,2,7H2,1,3-6H3. The predicted octanol–water partition coefficient (Wildman–Crippen LogP) is 2.93. The van der Waals surface area contributed by atoms with E-state index >= 15 is 0 Å². The average molecular weight is 184 g/mol. The van der Waals surface area contributed by atoms with Crippen LogP contribution in [0.2, 0.25) is 0 Å². The van der Waals surface area contributed by atoms with Crippen molar-refractivity contribution in [3.8, 4) is 0 Å². The molecule has 0 saturated carbocycles. The molecule has 0 aromatic rings. The molecule has 76 valence electrons. The van der Waals surface area contributed by atoms with Crippen LogP contribution >= 0.6 is 0 Å². The molecular formula is C11H20O2. The van der Waals surface area contributed by atoms with Crippen LogP contribution in [-0.2, 0) is 9.53 Å². The minimum atomic E-state index is -0.382. The molecule has 0 fully saturated rings. The van der Waals surface area contributed by atoms with Gasteiger partial charge in [-0.05, 0) is 20.3 Å². The van der Waals surface area contributed by atoms with Crippen molar-refractivity contribution in [1.29, 1.82) is 0 Å². The molecule has 0 radical (unpaired) electrons. The highest BCUT2D eigenvalue weighted by atomic mass is 16.5. The Labute approximate surface area is 81.0 Å². The number of allylic oxidation sites excluding steroid dienone is 1. The Bertz CT molecular complexity index is 204. The number of ether oxygens (including phenoxy) is 1. The van der Waals surface area contributed by atoms with Crippen molar-refractivity contribution >= 4 is 5.78 Å². The Morgan fingerprint density at radius 1 is 1.54 bits per heavy atom. The van der Waals surface area contributed by atoms with Crippen LogP contribution in [0.5, 0.6) is 0 Å². The lowest BCUT2D eigenvalue weighted by molar-refractivity contribution is -0.136. The summed E-state index contributed by atoms with van der Waals surface area (Å²) in [7, 11) is 0. The van der Waals surface area contributed by atoms with Gasteiger partial charge in [0.1, 0.15) is 0 Å². The van der Waals surface area contributed by atoms with Gasteiger partial charge in [0.15, 0.2) is 11.9 Å². The molecule has 0 aliphatic heterocycles. The summed E-state index contributed by atoms with van der Waals surface area (Å²) in [5.74, 6) is 0.728. The minimum absolute atomic E-state index is 0.137. The molecule has 0 spiro atoms. The van der Waals surface area contributed by atoms with Gasteiger partial charge in [-0.2, -0.15) is 0 Å². The fourth-order valence-electron chi connectivity index (χ4n) is 1.08. The molecule has 2 heteroatoms. The average Bonchev–Trinajstić information content (AvgIpc) is 2.01. The van der Waals surface area contributed by atoms with Crippen LogP contribution in [0.3, 0.4) is 0 Å². The van der Waals surface area contributed by atoms with Crippen LogP contribution in [0.25, 0.3) is 0 Å². The van der Waals surface area contributed by atoms with Crippen LogP contribution in [0, 0.1) is 5.41 Å². The SMILES string of the molecule is C=C(C)OC(C)C(=O)C(C)(C)CC. The molecule has 0 aliphatic rings. The molecule has 0 heterocycles. The van der Waals surface area contributed by atoms with E-state index in [1.807, 2.05) is 20.8 Å². The highest BCUT2D eigenvalue weighted by Crippen LogP contribution is 2.24. The van der Waals surface area contributed by atoms with E-state index in [1.54, 1.807) is 13.8 Å². The van der Waals surface area contributed by atoms with E-state index in [-0.39, 0.29) is 17.3 Å². The number of carbonyl (C=O) groups is 1. The van der Waals surface area contributed by atoms with Crippen molar-refractivity contribution in [2.75, 3.05) is 0 Å². The quantitative estimate of drug-likeness (QED) is 0.614. The van der Waals surface area contributed by atoms with E-state index in [0.29, 0.717) is 5.76 Å². The van der Waals surface area contributed by atoms with Crippen molar-refractivity contribution in [1.82, 2.24) is 0 Å². The van der Waals surface area contributed by atoms with Gasteiger partial charge < -0.3 is 4.74 Å². The van der Waals surface area contributed by atoms with E-state index in [2.05, 4.69) is 6.58 Å². The summed E-state index contributed by atoms with van der Waals surface area (Å²) in [4.78, 5) is 11.8. The molecule has 0 bridgehead atoms. The van der Waals surface area contributed by atoms with Gasteiger partial charge in [-0.1, -0.05) is 27.4 Å². The molecule has 0 aromatic carbocycles. The second kappa shape index (κ2) is 4.45. The first-order valence-corrected chi connectivity index (χ1v) is 4.67. The third-order valence-electron chi connectivity index (χ3n) is 2.30. The second-order valence-corrected chi connectivity index (χ2v) is 4.06. The van der Waals surface area contributed by atoms with E-state index in [4.69, 9.17) is 4.74 Å². The molecule has 0 amide bonds. The van der Waals surface area contributed by atoms with Crippen LogP contribution in [0.1, 0.15) is 41.0 Å². The van der Waals surface area contributed by atoms with Gasteiger partial charge in [-0.25, -0.2) is 0 Å². The van der Waals surface area contributed by atoms with Gasteiger partial charge in [0.05, 0.1) is 5.76 Å². The number of carbonyl (C=O) groups excluding carboxylic acids is 1. The zero-order chi connectivity index (χ0) is 10.6. The van der Waals surface area contributed by atoms with Crippen molar-refractivity contribution in [3.63, 3.8) is 0 Å². The Balaban J connectivity index is 4.34. The molecule has 13 heavy (non-hydrogen) atoms. The number of rotatable bonds is 5. The zero-order valence-corrected chi connectivity index (χ0v) is 9.31. The highest BCUT2D eigenvalue weighted by Gasteiger charge is 2.30. The number of Topliss-reactive ketones (excluding diaryl/α,β-unsaturated/α-hetero) is 1. The molecule has 1 atom stereocenters. The summed E-state index contributed by atoms with van der Waals surface area (Å²) in [6.45, 7) is 13.0. The number of hydrogen-bond acceptors (Lipinski definition) is 2. The van der Waals surface area contributed by atoms with Crippen molar-refractivity contribution < 1.29 is 9.53 Å². The molecule has 1 unspecified atom stereocenters. The monoisotopic (exact) mass is 184 g/mol. The smallest absolute Gasteiger partial charge is 0.178 e. The van der Waals surface area contributed by atoms with Gasteiger partial charge in [0.25, 0.3) is 0 Å². The molecule has 0 N–H and O–H groups in total. The maximum absolute atomic E-state index is 11.8. The Morgan fingerprint density at radius 2 is 2.00 bits per heavy atom. The van der Waals surface area contributed by atoms with Crippen LogP contribution in [-0.4, -0.2) is 11.9 Å². The topological polar surface area (TPSA) is 26.3 Å². The Morgan fingerprint density at radius 3 is 2.31 bits per heavy atom. The number of ketones is 1. The Hall–Kier alpha value is -0.790. The zero-order valence-electron chi connectivity index (χ0n) is 9.31. The highest BCUT2D eigenvalue weighted by molar-refractivity contribution is 5.87. The maximum atomic E-state index is 11.8. The molecule has 2 nitrogen and oxygen atoms in total. The lowest BCUT2D eigenvalue weighted by atomic mass is 9.83. The van der Waals surface area contributed by atoms with E-state index < -0.39 is 0 Å². The summed E-state index contributed by atoms with van der Waals surface area (Å²) < 4.78 is 5.26. The van der Waals surface area contributed by atoms with Crippen LogP contribution < -0.4 is 0 Å². The van der Waals surface area contributed by atoms with Gasteiger partial charge in [0, 0.05) is 5.41 Å². The number of hydrogen-bond donors (Lipinski definition) is 0. The summed E-state index contributed by atoms with van der Waals surface area (Å²) in [5.41, 5.74) is -0.297. The third-order valence-corrected chi connectivity index (χ3v) is 2.30. The van der Waals surface area contributed by atoms with Gasteiger partial charge in [-0.15, -0.1) is 0 Å². The third kappa shape index (κ3) is 3.62. The second-order valence-electron chi connectivity index (χ2n) is 4.06. The first-order chi connectivity index (χ1) is 5.81. The van der Waals surface area contributed by atoms with E-state index in [0.717, 1.165) is 6.42 Å². The van der Waals surface area contributed by atoms with Crippen molar-refractivity contribution in [3.05, 3.63) is 12.3 Å². The summed E-state index contributed by atoms with van der Waals surface area (Å²) >= 11 is 0. The first kappa shape index (κ1) is 12.2. The van der Waals surface area contributed by atoms with Crippen molar-refractivity contribution in [2.24, 2.45) is 5.41 Å². The van der Waals surface area contributed by atoms with E-state index in [1.165, 1.54) is 0 Å². The first-order valence-electron chi connectivity index (χ1n) is 4.67. The van der Waals surface area contributed by atoms with Crippen LogP contribution in [0.4, 0.5) is 0 Å². The fourth-order valence-corrected chi connectivity index (χ4v) is 1.08. The maximum Gasteiger partial charge on any atom is 0.178 e. The normalized spacial score (nSPS) is 13.6. The molecular weight excluding hydrogens is 164 g/mol. The largest absolute Gasteiger partial charge is 0.488 e. The molecule has 0 rings (SSSR count). The van der Waals surface area contributed by atoms with Gasteiger partial charge in [0.2, 0.25) is 0 Å². The minimum Gasteiger partial charge on any atom is -0.488 e. The fraction of sp³-hybridized carbons (Fsp3) is 0.727. The molecule has 0 saturated heterocycles. The lowest BCUT2D eigenvalue weighted by Crippen LogP contribution is -2.33. The van der Waals surface area contributed by atoms with Gasteiger partial charge >= 0.3 is 0 Å². The van der Waals surface area contributed by atoms with E-state index in [9.17, 15) is 4.79 Å². The summed E-state index contributed by atoms with van der Waals surface area (Å²) in [6, 6.07) is 0. The summed E-state index contributed by atoms with van der Waals surface area (Å²) in [6.07, 6.45) is 0.447.